The third-order valence-electron chi connectivity index (χ3n) is 3.23. The SMILES string of the molecule is CCOC(=O)[C@@H]1CC[C@@H](N)C(NC(=O)OC(C)(C)C)C1. The average molecular weight is 286 g/mol. The number of ether oxygens (including phenoxy) is 2. The highest BCUT2D eigenvalue weighted by Gasteiger charge is 2.34. The van der Waals surface area contributed by atoms with E-state index in [4.69, 9.17) is 15.2 Å². The van der Waals surface area contributed by atoms with Crippen molar-refractivity contribution in [1.29, 1.82) is 0 Å². The Labute approximate surface area is 120 Å². The average Bonchev–Trinajstić information content (AvgIpc) is 2.29. The molecule has 0 radical (unpaired) electrons. The molecule has 0 aliphatic heterocycles. The summed E-state index contributed by atoms with van der Waals surface area (Å²) >= 11 is 0. The zero-order chi connectivity index (χ0) is 15.3. The van der Waals surface area contributed by atoms with Crippen LogP contribution in [0.3, 0.4) is 0 Å². The van der Waals surface area contributed by atoms with Crippen molar-refractivity contribution in [2.45, 2.75) is 64.6 Å². The molecule has 0 bridgehead atoms. The molecule has 1 fully saturated rings. The summed E-state index contributed by atoms with van der Waals surface area (Å²) in [6.45, 7) is 7.55. The number of carbonyl (C=O) groups excluding carboxylic acids is 2. The van der Waals surface area contributed by atoms with Crippen LogP contribution in [0, 0.1) is 5.92 Å². The van der Waals surface area contributed by atoms with Crippen LogP contribution in [0.1, 0.15) is 47.0 Å². The van der Waals surface area contributed by atoms with Crippen molar-refractivity contribution in [1.82, 2.24) is 5.32 Å². The van der Waals surface area contributed by atoms with Gasteiger partial charge in [0.15, 0.2) is 0 Å². The van der Waals surface area contributed by atoms with Crippen molar-refractivity contribution < 1.29 is 19.1 Å². The third kappa shape index (κ3) is 5.36. The number of hydrogen-bond donors (Lipinski definition) is 2. The van der Waals surface area contributed by atoms with E-state index in [1.807, 2.05) is 0 Å². The normalized spacial score (nSPS) is 26.8. The molecule has 0 saturated heterocycles. The maximum atomic E-state index is 11.8. The Morgan fingerprint density at radius 1 is 1.30 bits per heavy atom. The number of amides is 1. The first-order valence-electron chi connectivity index (χ1n) is 7.14. The van der Waals surface area contributed by atoms with Gasteiger partial charge in [-0.15, -0.1) is 0 Å². The smallest absolute Gasteiger partial charge is 0.407 e. The van der Waals surface area contributed by atoms with Crippen molar-refractivity contribution in [3.63, 3.8) is 0 Å². The number of carbonyl (C=O) groups is 2. The highest BCUT2D eigenvalue weighted by molar-refractivity contribution is 5.73. The Kier molecular flexibility index (Phi) is 5.80. The van der Waals surface area contributed by atoms with E-state index in [1.165, 1.54) is 0 Å². The predicted octanol–water partition coefficient (Wildman–Crippen LogP) is 1.57. The van der Waals surface area contributed by atoms with Gasteiger partial charge in [-0.25, -0.2) is 4.79 Å². The summed E-state index contributed by atoms with van der Waals surface area (Å²) in [5, 5.41) is 2.76. The maximum absolute atomic E-state index is 11.8. The number of esters is 1. The van der Waals surface area contributed by atoms with Gasteiger partial charge in [-0.3, -0.25) is 4.79 Å². The van der Waals surface area contributed by atoms with Crippen molar-refractivity contribution >= 4 is 12.1 Å². The molecule has 0 aromatic rings. The Balaban J connectivity index is 2.54. The summed E-state index contributed by atoms with van der Waals surface area (Å²) in [5.41, 5.74) is 5.45. The van der Waals surface area contributed by atoms with Gasteiger partial charge < -0.3 is 20.5 Å². The van der Waals surface area contributed by atoms with Crippen LogP contribution in [0.4, 0.5) is 4.79 Å². The zero-order valence-electron chi connectivity index (χ0n) is 12.8. The molecule has 116 valence electrons. The third-order valence-corrected chi connectivity index (χ3v) is 3.23. The second-order valence-electron chi connectivity index (χ2n) is 6.18. The fourth-order valence-electron chi connectivity index (χ4n) is 2.29. The minimum atomic E-state index is -0.552. The van der Waals surface area contributed by atoms with E-state index in [0.717, 1.165) is 0 Å². The summed E-state index contributed by atoms with van der Waals surface area (Å²) in [7, 11) is 0. The van der Waals surface area contributed by atoms with Gasteiger partial charge in [-0.2, -0.15) is 0 Å². The number of nitrogens with one attached hydrogen (secondary N) is 1. The summed E-state index contributed by atoms with van der Waals surface area (Å²) in [6.07, 6.45) is 1.39. The van der Waals surface area contributed by atoms with Crippen molar-refractivity contribution in [3.05, 3.63) is 0 Å². The van der Waals surface area contributed by atoms with Crippen LogP contribution < -0.4 is 11.1 Å². The maximum Gasteiger partial charge on any atom is 0.407 e. The summed E-state index contributed by atoms with van der Waals surface area (Å²) < 4.78 is 10.2. The Morgan fingerprint density at radius 3 is 2.50 bits per heavy atom. The first-order valence-corrected chi connectivity index (χ1v) is 7.14. The summed E-state index contributed by atoms with van der Waals surface area (Å²) in [6, 6.07) is -0.416. The van der Waals surface area contributed by atoms with Crippen molar-refractivity contribution in [2.24, 2.45) is 11.7 Å². The van der Waals surface area contributed by atoms with Crippen LogP contribution in [-0.2, 0) is 14.3 Å². The van der Waals surface area contributed by atoms with Gasteiger partial charge in [0.25, 0.3) is 0 Å². The minimum absolute atomic E-state index is 0.159. The van der Waals surface area contributed by atoms with Crippen LogP contribution in [0.5, 0.6) is 0 Å². The van der Waals surface area contributed by atoms with Crippen LogP contribution in [-0.4, -0.2) is 36.4 Å². The summed E-state index contributed by atoms with van der Waals surface area (Å²) in [5.74, 6) is -0.412. The van der Waals surface area contributed by atoms with Gasteiger partial charge in [0.05, 0.1) is 12.5 Å². The molecule has 6 heteroatoms. The molecule has 20 heavy (non-hydrogen) atoms. The predicted molar refractivity (Wildman–Crippen MR) is 75.1 cm³/mol. The van der Waals surface area contributed by atoms with Gasteiger partial charge in [0.2, 0.25) is 0 Å². The molecule has 3 N–H and O–H groups in total. The Bertz CT molecular complexity index is 352. The molecule has 1 saturated carbocycles. The zero-order valence-corrected chi connectivity index (χ0v) is 12.8. The van der Waals surface area contributed by atoms with Gasteiger partial charge in [-0.1, -0.05) is 0 Å². The molecule has 6 nitrogen and oxygen atoms in total. The molecule has 1 aliphatic rings. The molecular weight excluding hydrogens is 260 g/mol. The molecule has 0 aromatic heterocycles. The molecule has 1 amide bonds. The molecule has 3 atom stereocenters. The lowest BCUT2D eigenvalue weighted by Gasteiger charge is -2.34. The molecule has 0 aromatic carbocycles. The quantitative estimate of drug-likeness (QED) is 0.768. The van der Waals surface area contributed by atoms with E-state index in [1.54, 1.807) is 27.7 Å². The number of nitrogens with two attached hydrogens (primary N) is 1. The van der Waals surface area contributed by atoms with E-state index in [9.17, 15) is 9.59 Å². The van der Waals surface area contributed by atoms with Crippen molar-refractivity contribution in [3.8, 4) is 0 Å². The molecule has 0 heterocycles. The Hall–Kier alpha value is -1.30. The van der Waals surface area contributed by atoms with E-state index in [2.05, 4.69) is 5.32 Å². The molecule has 1 aliphatic carbocycles. The second-order valence-corrected chi connectivity index (χ2v) is 6.18. The van der Waals surface area contributed by atoms with Gasteiger partial charge in [0, 0.05) is 12.1 Å². The van der Waals surface area contributed by atoms with Crippen LogP contribution >= 0.6 is 0 Å². The molecule has 0 spiro atoms. The lowest BCUT2D eigenvalue weighted by molar-refractivity contribution is -0.149. The second kappa shape index (κ2) is 6.92. The first-order chi connectivity index (χ1) is 9.23. The largest absolute Gasteiger partial charge is 0.466 e. The fraction of sp³-hybridized carbons (Fsp3) is 0.857. The lowest BCUT2D eigenvalue weighted by atomic mass is 9.83. The lowest BCUT2D eigenvalue weighted by Crippen LogP contribution is -2.53. The standard InChI is InChI=1S/C14H26N2O4/c1-5-19-12(17)9-6-7-10(15)11(8-9)16-13(18)20-14(2,3)4/h9-11H,5-8,15H2,1-4H3,(H,16,18)/t9-,10-,11?/m1/s1. The highest BCUT2D eigenvalue weighted by Crippen LogP contribution is 2.25. The van der Waals surface area contributed by atoms with E-state index in [0.29, 0.717) is 25.9 Å². The van der Waals surface area contributed by atoms with Crippen molar-refractivity contribution in [2.75, 3.05) is 6.61 Å². The molecule has 1 unspecified atom stereocenters. The summed E-state index contributed by atoms with van der Waals surface area (Å²) in [4.78, 5) is 23.5. The van der Waals surface area contributed by atoms with Crippen LogP contribution in [0.2, 0.25) is 0 Å². The topological polar surface area (TPSA) is 90.6 Å². The van der Waals surface area contributed by atoms with Gasteiger partial charge in [0.1, 0.15) is 5.60 Å². The first kappa shape index (κ1) is 16.8. The van der Waals surface area contributed by atoms with Crippen LogP contribution in [0.15, 0.2) is 0 Å². The molecular formula is C14H26N2O4. The monoisotopic (exact) mass is 286 g/mol. The van der Waals surface area contributed by atoms with E-state index >= 15 is 0 Å². The van der Waals surface area contributed by atoms with Crippen LogP contribution in [0.25, 0.3) is 0 Å². The molecule has 1 rings (SSSR count). The van der Waals surface area contributed by atoms with Gasteiger partial charge in [-0.05, 0) is 47.0 Å². The van der Waals surface area contributed by atoms with Gasteiger partial charge >= 0.3 is 12.1 Å². The number of rotatable bonds is 3. The minimum Gasteiger partial charge on any atom is -0.466 e. The highest BCUT2D eigenvalue weighted by atomic mass is 16.6. The number of hydrogen-bond acceptors (Lipinski definition) is 5. The Morgan fingerprint density at radius 2 is 1.95 bits per heavy atom. The fourth-order valence-corrected chi connectivity index (χ4v) is 2.29. The number of alkyl carbamates (subject to hydrolysis) is 1. The van der Waals surface area contributed by atoms with E-state index < -0.39 is 11.7 Å². The van der Waals surface area contributed by atoms with E-state index in [-0.39, 0.29) is 24.0 Å².